The summed E-state index contributed by atoms with van der Waals surface area (Å²) in [5.41, 5.74) is 1.20. The molecule has 0 saturated heterocycles. The Kier molecular flexibility index (Phi) is 5.40. The van der Waals surface area contributed by atoms with E-state index in [-0.39, 0.29) is 18.0 Å². The van der Waals surface area contributed by atoms with Gasteiger partial charge in [0.05, 0.1) is 25.2 Å². The Labute approximate surface area is 114 Å². The van der Waals surface area contributed by atoms with Gasteiger partial charge in [-0.2, -0.15) is 0 Å². The highest BCUT2D eigenvalue weighted by Crippen LogP contribution is 2.27. The molecule has 1 aliphatic carbocycles. The third-order valence-electron chi connectivity index (χ3n) is 3.62. The lowest BCUT2D eigenvalue weighted by Crippen LogP contribution is -2.27. The van der Waals surface area contributed by atoms with Gasteiger partial charge in [0, 0.05) is 0 Å². The number of hydrogen-bond donors (Lipinski definition) is 0. The molecular formula is C16H22O3. The molecule has 0 spiro atoms. The van der Waals surface area contributed by atoms with Crippen LogP contribution in [0.2, 0.25) is 0 Å². The first kappa shape index (κ1) is 14.1. The normalized spacial score (nSPS) is 23.0. The molecule has 1 saturated carbocycles. The van der Waals surface area contributed by atoms with E-state index >= 15 is 0 Å². The monoisotopic (exact) mass is 262 g/mol. The molecule has 0 aromatic heterocycles. The Morgan fingerprint density at radius 2 is 1.84 bits per heavy atom. The molecule has 3 heteroatoms. The Morgan fingerprint density at radius 1 is 1.16 bits per heavy atom. The lowest BCUT2D eigenvalue weighted by Gasteiger charge is -2.27. The van der Waals surface area contributed by atoms with Crippen LogP contribution in [-0.4, -0.2) is 18.7 Å². The van der Waals surface area contributed by atoms with E-state index in [0.29, 0.717) is 13.2 Å². The summed E-state index contributed by atoms with van der Waals surface area (Å²) in [7, 11) is 0. The molecule has 1 aromatic rings. The van der Waals surface area contributed by atoms with Crippen LogP contribution in [0.15, 0.2) is 30.3 Å². The van der Waals surface area contributed by atoms with Crippen LogP contribution in [0.1, 0.15) is 38.2 Å². The standard InChI is InChI=1S/C16H22O3/c1-2-18-16(17)14-8-10-15(11-9-14)19-12-13-6-4-3-5-7-13/h3-7,14-15H,2,8-12H2,1H3. The first-order valence-corrected chi connectivity index (χ1v) is 7.11. The van der Waals surface area contributed by atoms with Gasteiger partial charge in [-0.15, -0.1) is 0 Å². The van der Waals surface area contributed by atoms with Crippen LogP contribution in [0.5, 0.6) is 0 Å². The van der Waals surface area contributed by atoms with Gasteiger partial charge in [-0.05, 0) is 38.2 Å². The van der Waals surface area contributed by atoms with Crippen molar-refractivity contribution >= 4 is 5.97 Å². The molecule has 1 aliphatic rings. The summed E-state index contributed by atoms with van der Waals surface area (Å²) in [5, 5.41) is 0. The molecule has 0 heterocycles. The number of carbonyl (C=O) groups is 1. The smallest absolute Gasteiger partial charge is 0.308 e. The average Bonchev–Trinajstić information content (AvgIpc) is 2.47. The largest absolute Gasteiger partial charge is 0.466 e. The minimum atomic E-state index is -0.0380. The van der Waals surface area contributed by atoms with E-state index < -0.39 is 0 Å². The second-order valence-corrected chi connectivity index (χ2v) is 5.02. The van der Waals surface area contributed by atoms with Gasteiger partial charge in [0.15, 0.2) is 0 Å². The Balaban J connectivity index is 1.70. The zero-order valence-corrected chi connectivity index (χ0v) is 11.5. The summed E-state index contributed by atoms with van der Waals surface area (Å²) >= 11 is 0. The zero-order valence-electron chi connectivity index (χ0n) is 11.5. The minimum Gasteiger partial charge on any atom is -0.466 e. The average molecular weight is 262 g/mol. The first-order valence-electron chi connectivity index (χ1n) is 7.11. The van der Waals surface area contributed by atoms with Crippen LogP contribution in [0.25, 0.3) is 0 Å². The maximum Gasteiger partial charge on any atom is 0.308 e. The highest BCUT2D eigenvalue weighted by Gasteiger charge is 2.27. The molecule has 0 atom stereocenters. The van der Waals surface area contributed by atoms with Gasteiger partial charge in [-0.1, -0.05) is 30.3 Å². The van der Waals surface area contributed by atoms with Crippen LogP contribution in [0.4, 0.5) is 0 Å². The number of hydrogen-bond acceptors (Lipinski definition) is 3. The van der Waals surface area contributed by atoms with E-state index in [9.17, 15) is 4.79 Å². The van der Waals surface area contributed by atoms with Gasteiger partial charge in [-0.25, -0.2) is 0 Å². The maximum atomic E-state index is 11.6. The summed E-state index contributed by atoms with van der Waals surface area (Å²) in [6, 6.07) is 10.2. The summed E-state index contributed by atoms with van der Waals surface area (Å²) in [5.74, 6) is 0.0422. The van der Waals surface area contributed by atoms with Crippen LogP contribution < -0.4 is 0 Å². The maximum absolute atomic E-state index is 11.6. The molecule has 3 nitrogen and oxygen atoms in total. The molecule has 1 fully saturated rings. The zero-order chi connectivity index (χ0) is 13.5. The third-order valence-corrected chi connectivity index (χ3v) is 3.62. The predicted octanol–water partition coefficient (Wildman–Crippen LogP) is 3.33. The summed E-state index contributed by atoms with van der Waals surface area (Å²) < 4.78 is 11.0. The van der Waals surface area contributed by atoms with Gasteiger partial charge < -0.3 is 9.47 Å². The molecule has 0 aliphatic heterocycles. The van der Waals surface area contributed by atoms with Gasteiger partial charge in [0.25, 0.3) is 0 Å². The Morgan fingerprint density at radius 3 is 2.47 bits per heavy atom. The van der Waals surface area contributed by atoms with Gasteiger partial charge >= 0.3 is 5.97 Å². The van der Waals surface area contributed by atoms with Crippen LogP contribution >= 0.6 is 0 Å². The SMILES string of the molecule is CCOC(=O)C1CCC(OCc2ccccc2)CC1. The third kappa shape index (κ3) is 4.35. The van der Waals surface area contributed by atoms with Crippen molar-refractivity contribution < 1.29 is 14.3 Å². The lowest BCUT2D eigenvalue weighted by atomic mass is 9.87. The van der Waals surface area contributed by atoms with Crippen molar-refractivity contribution in [2.75, 3.05) is 6.61 Å². The number of esters is 1. The molecule has 0 amide bonds. The van der Waals surface area contributed by atoms with E-state index in [2.05, 4.69) is 12.1 Å². The molecule has 0 N–H and O–H groups in total. The quantitative estimate of drug-likeness (QED) is 0.764. The van der Waals surface area contributed by atoms with Gasteiger partial charge in [-0.3, -0.25) is 4.79 Å². The molecule has 2 rings (SSSR count). The fourth-order valence-electron chi connectivity index (χ4n) is 2.51. The molecule has 104 valence electrons. The van der Waals surface area contributed by atoms with E-state index in [4.69, 9.17) is 9.47 Å². The summed E-state index contributed by atoms with van der Waals surface area (Å²) in [6.45, 7) is 2.99. The van der Waals surface area contributed by atoms with Crippen LogP contribution in [0, 0.1) is 5.92 Å². The number of benzene rings is 1. The van der Waals surface area contributed by atoms with E-state index in [0.717, 1.165) is 25.7 Å². The Hall–Kier alpha value is -1.35. The van der Waals surface area contributed by atoms with Crippen molar-refractivity contribution in [3.8, 4) is 0 Å². The van der Waals surface area contributed by atoms with Crippen molar-refractivity contribution in [1.82, 2.24) is 0 Å². The van der Waals surface area contributed by atoms with Gasteiger partial charge in [0.1, 0.15) is 0 Å². The first-order chi connectivity index (χ1) is 9.29. The van der Waals surface area contributed by atoms with E-state index in [1.54, 1.807) is 0 Å². The molecule has 0 unspecified atom stereocenters. The number of carbonyl (C=O) groups excluding carboxylic acids is 1. The number of rotatable bonds is 5. The van der Waals surface area contributed by atoms with Crippen LogP contribution in [-0.2, 0) is 20.9 Å². The van der Waals surface area contributed by atoms with E-state index in [1.165, 1.54) is 5.56 Å². The molecule has 0 radical (unpaired) electrons. The van der Waals surface area contributed by atoms with Crippen LogP contribution in [0.3, 0.4) is 0 Å². The Bertz CT molecular complexity index is 380. The van der Waals surface area contributed by atoms with Crippen molar-refractivity contribution in [3.63, 3.8) is 0 Å². The molecule has 1 aromatic carbocycles. The van der Waals surface area contributed by atoms with E-state index in [1.807, 2.05) is 25.1 Å². The topological polar surface area (TPSA) is 35.5 Å². The molecule has 0 bridgehead atoms. The fourth-order valence-corrected chi connectivity index (χ4v) is 2.51. The number of ether oxygens (including phenoxy) is 2. The highest BCUT2D eigenvalue weighted by atomic mass is 16.5. The second kappa shape index (κ2) is 7.29. The van der Waals surface area contributed by atoms with Crippen molar-refractivity contribution in [2.45, 2.75) is 45.3 Å². The van der Waals surface area contributed by atoms with Crippen molar-refractivity contribution in [1.29, 1.82) is 0 Å². The van der Waals surface area contributed by atoms with Gasteiger partial charge in [0.2, 0.25) is 0 Å². The highest BCUT2D eigenvalue weighted by molar-refractivity contribution is 5.72. The molecular weight excluding hydrogens is 240 g/mol. The summed E-state index contributed by atoms with van der Waals surface area (Å²) in [4.78, 5) is 11.6. The molecule has 19 heavy (non-hydrogen) atoms. The minimum absolute atomic E-state index is 0.0380. The van der Waals surface area contributed by atoms with Crippen molar-refractivity contribution in [3.05, 3.63) is 35.9 Å². The fraction of sp³-hybridized carbons (Fsp3) is 0.562. The lowest BCUT2D eigenvalue weighted by molar-refractivity contribution is -0.150. The predicted molar refractivity (Wildman–Crippen MR) is 73.6 cm³/mol. The van der Waals surface area contributed by atoms with Crippen molar-refractivity contribution in [2.24, 2.45) is 5.92 Å². The second-order valence-electron chi connectivity index (χ2n) is 5.02. The summed E-state index contributed by atoms with van der Waals surface area (Å²) in [6.07, 6.45) is 3.97.